The second-order valence-electron chi connectivity index (χ2n) is 4.61. The maximum absolute atomic E-state index is 11.8. The molecule has 4 nitrogen and oxygen atoms in total. The van der Waals surface area contributed by atoms with Crippen LogP contribution in [0.25, 0.3) is 5.52 Å². The number of imidazole rings is 1. The second kappa shape index (κ2) is 5.58. The molecule has 0 radical (unpaired) electrons. The standard InChI is InChI=1S/C16H13ClN2O2/c1-21-16(20)12-6-4-8-19-14(12)10-18-15(19)9-11-5-2-3-7-13(11)17/h2-8,10H,9H2,1H3. The average Bonchev–Trinajstić information content (AvgIpc) is 2.92. The first-order valence-electron chi connectivity index (χ1n) is 6.47. The Bertz CT molecular complexity index is 811. The summed E-state index contributed by atoms with van der Waals surface area (Å²) in [5.41, 5.74) is 2.22. The van der Waals surface area contributed by atoms with Gasteiger partial charge in [-0.3, -0.25) is 0 Å². The first-order chi connectivity index (χ1) is 10.2. The Balaban J connectivity index is 2.05. The molecule has 0 bridgehead atoms. The average molecular weight is 301 g/mol. The number of nitrogens with zero attached hydrogens (tertiary/aromatic N) is 2. The number of aromatic nitrogens is 2. The Hall–Kier alpha value is -2.33. The molecule has 2 heterocycles. The molecule has 0 spiro atoms. The van der Waals surface area contributed by atoms with Gasteiger partial charge in [0.15, 0.2) is 0 Å². The number of halogens is 1. The lowest BCUT2D eigenvalue weighted by molar-refractivity contribution is 0.0602. The van der Waals surface area contributed by atoms with E-state index in [1.807, 2.05) is 34.9 Å². The van der Waals surface area contributed by atoms with Crippen molar-refractivity contribution in [2.75, 3.05) is 7.11 Å². The number of ether oxygens (including phenoxy) is 1. The highest BCUT2D eigenvalue weighted by Crippen LogP contribution is 2.20. The minimum Gasteiger partial charge on any atom is -0.465 e. The van der Waals surface area contributed by atoms with Gasteiger partial charge in [-0.1, -0.05) is 29.8 Å². The fourth-order valence-electron chi connectivity index (χ4n) is 2.30. The van der Waals surface area contributed by atoms with Crippen LogP contribution in [0.2, 0.25) is 5.02 Å². The summed E-state index contributed by atoms with van der Waals surface area (Å²) < 4.78 is 6.67. The maximum Gasteiger partial charge on any atom is 0.340 e. The molecule has 0 aliphatic carbocycles. The third kappa shape index (κ3) is 2.50. The van der Waals surface area contributed by atoms with Crippen molar-refractivity contribution in [3.8, 4) is 0 Å². The second-order valence-corrected chi connectivity index (χ2v) is 5.02. The van der Waals surface area contributed by atoms with E-state index in [2.05, 4.69) is 4.98 Å². The lowest BCUT2D eigenvalue weighted by Crippen LogP contribution is -2.04. The minimum atomic E-state index is -0.371. The van der Waals surface area contributed by atoms with Crippen molar-refractivity contribution in [1.82, 2.24) is 9.38 Å². The molecular formula is C16H13ClN2O2. The smallest absolute Gasteiger partial charge is 0.340 e. The zero-order valence-corrected chi connectivity index (χ0v) is 12.2. The molecule has 0 fully saturated rings. The molecule has 0 atom stereocenters. The molecule has 0 saturated heterocycles. The predicted octanol–water partition coefficient (Wildman–Crippen LogP) is 3.37. The van der Waals surface area contributed by atoms with Crippen molar-refractivity contribution in [3.63, 3.8) is 0 Å². The number of hydrogen-bond acceptors (Lipinski definition) is 3. The van der Waals surface area contributed by atoms with Gasteiger partial charge >= 0.3 is 5.97 Å². The Morgan fingerprint density at radius 1 is 1.29 bits per heavy atom. The Labute approximate surface area is 126 Å². The van der Waals surface area contributed by atoms with E-state index in [-0.39, 0.29) is 5.97 Å². The van der Waals surface area contributed by atoms with Crippen LogP contribution < -0.4 is 0 Å². The van der Waals surface area contributed by atoms with Gasteiger partial charge in [0.1, 0.15) is 5.82 Å². The summed E-state index contributed by atoms with van der Waals surface area (Å²) in [7, 11) is 1.37. The monoisotopic (exact) mass is 300 g/mol. The van der Waals surface area contributed by atoms with E-state index < -0.39 is 0 Å². The number of methoxy groups -OCH3 is 1. The first kappa shape index (κ1) is 13.6. The number of pyridine rings is 1. The van der Waals surface area contributed by atoms with Crippen molar-refractivity contribution in [2.45, 2.75) is 6.42 Å². The third-order valence-corrected chi connectivity index (χ3v) is 3.73. The van der Waals surface area contributed by atoms with Gasteiger partial charge in [-0.05, 0) is 23.8 Å². The number of rotatable bonds is 3. The molecule has 106 valence electrons. The summed E-state index contributed by atoms with van der Waals surface area (Å²) in [4.78, 5) is 16.2. The van der Waals surface area contributed by atoms with Crippen LogP contribution in [0.15, 0.2) is 48.8 Å². The highest BCUT2D eigenvalue weighted by atomic mass is 35.5. The number of fused-ring (bicyclic) bond motifs is 1. The van der Waals surface area contributed by atoms with Gasteiger partial charge in [0.2, 0.25) is 0 Å². The molecule has 2 aromatic heterocycles. The van der Waals surface area contributed by atoms with Crippen LogP contribution in [0.5, 0.6) is 0 Å². The molecule has 0 aliphatic heterocycles. The van der Waals surface area contributed by atoms with Gasteiger partial charge in [0.05, 0.1) is 24.4 Å². The number of carbonyl (C=O) groups is 1. The molecular weight excluding hydrogens is 288 g/mol. The quantitative estimate of drug-likeness (QED) is 0.697. The Kier molecular flexibility index (Phi) is 3.62. The number of carbonyl (C=O) groups excluding carboxylic acids is 1. The van der Waals surface area contributed by atoms with Gasteiger partial charge < -0.3 is 9.14 Å². The zero-order valence-electron chi connectivity index (χ0n) is 11.4. The highest BCUT2D eigenvalue weighted by molar-refractivity contribution is 6.31. The van der Waals surface area contributed by atoms with Crippen molar-refractivity contribution in [3.05, 3.63) is 70.8 Å². The van der Waals surface area contributed by atoms with E-state index in [0.717, 1.165) is 16.9 Å². The molecule has 3 aromatic rings. The topological polar surface area (TPSA) is 43.6 Å². The summed E-state index contributed by atoms with van der Waals surface area (Å²) in [5, 5.41) is 0.707. The van der Waals surface area contributed by atoms with Gasteiger partial charge in [-0.15, -0.1) is 0 Å². The van der Waals surface area contributed by atoms with E-state index in [1.165, 1.54) is 7.11 Å². The number of hydrogen-bond donors (Lipinski definition) is 0. The Morgan fingerprint density at radius 2 is 2.10 bits per heavy atom. The van der Waals surface area contributed by atoms with E-state index in [0.29, 0.717) is 17.0 Å². The largest absolute Gasteiger partial charge is 0.465 e. The molecule has 0 N–H and O–H groups in total. The van der Waals surface area contributed by atoms with Crippen molar-refractivity contribution >= 4 is 23.1 Å². The molecule has 3 rings (SSSR count). The summed E-state index contributed by atoms with van der Waals surface area (Å²) >= 11 is 6.19. The van der Waals surface area contributed by atoms with Gasteiger partial charge in [-0.2, -0.15) is 0 Å². The molecule has 1 aromatic carbocycles. The normalized spacial score (nSPS) is 10.8. The van der Waals surface area contributed by atoms with Crippen molar-refractivity contribution in [1.29, 1.82) is 0 Å². The van der Waals surface area contributed by atoms with E-state index in [4.69, 9.17) is 16.3 Å². The molecule has 0 unspecified atom stereocenters. The van der Waals surface area contributed by atoms with Crippen LogP contribution >= 0.6 is 11.6 Å². The van der Waals surface area contributed by atoms with Crippen LogP contribution in [0.1, 0.15) is 21.7 Å². The van der Waals surface area contributed by atoms with Crippen LogP contribution in [0.4, 0.5) is 0 Å². The SMILES string of the molecule is COC(=O)c1cccn2c(Cc3ccccc3Cl)ncc12. The van der Waals surface area contributed by atoms with Crippen LogP contribution in [-0.4, -0.2) is 22.5 Å². The first-order valence-corrected chi connectivity index (χ1v) is 6.85. The predicted molar refractivity (Wildman–Crippen MR) is 80.8 cm³/mol. The van der Waals surface area contributed by atoms with Gasteiger partial charge in [-0.25, -0.2) is 9.78 Å². The molecule has 21 heavy (non-hydrogen) atoms. The highest BCUT2D eigenvalue weighted by Gasteiger charge is 2.14. The maximum atomic E-state index is 11.8. The fourth-order valence-corrected chi connectivity index (χ4v) is 2.50. The van der Waals surface area contributed by atoms with Crippen molar-refractivity contribution < 1.29 is 9.53 Å². The summed E-state index contributed by atoms with van der Waals surface area (Å²) in [6.07, 6.45) is 4.15. The van der Waals surface area contributed by atoms with Gasteiger partial charge in [0, 0.05) is 17.6 Å². The van der Waals surface area contributed by atoms with E-state index in [1.54, 1.807) is 18.3 Å². The minimum absolute atomic E-state index is 0.371. The third-order valence-electron chi connectivity index (χ3n) is 3.36. The van der Waals surface area contributed by atoms with E-state index >= 15 is 0 Å². The fraction of sp³-hybridized carbons (Fsp3) is 0.125. The Morgan fingerprint density at radius 3 is 2.86 bits per heavy atom. The summed E-state index contributed by atoms with van der Waals surface area (Å²) in [6, 6.07) is 11.2. The summed E-state index contributed by atoms with van der Waals surface area (Å²) in [5.74, 6) is 0.452. The number of esters is 1. The van der Waals surface area contributed by atoms with Crippen molar-refractivity contribution in [2.24, 2.45) is 0 Å². The molecule has 0 aliphatic rings. The zero-order chi connectivity index (χ0) is 14.8. The summed E-state index contributed by atoms with van der Waals surface area (Å²) in [6.45, 7) is 0. The number of benzene rings is 1. The van der Waals surface area contributed by atoms with Crippen LogP contribution in [-0.2, 0) is 11.2 Å². The van der Waals surface area contributed by atoms with Gasteiger partial charge in [0.25, 0.3) is 0 Å². The molecule has 0 amide bonds. The lowest BCUT2D eigenvalue weighted by Gasteiger charge is -2.05. The van der Waals surface area contributed by atoms with Crippen LogP contribution in [0.3, 0.4) is 0 Å². The van der Waals surface area contributed by atoms with E-state index in [9.17, 15) is 4.79 Å². The molecule has 5 heteroatoms. The lowest BCUT2D eigenvalue weighted by atomic mass is 10.1. The van der Waals surface area contributed by atoms with Crippen LogP contribution in [0, 0.1) is 0 Å². The molecule has 0 saturated carbocycles.